The Morgan fingerprint density at radius 2 is 1.80 bits per heavy atom. The van der Waals surface area contributed by atoms with Crippen LogP contribution in [0.1, 0.15) is 44.1 Å². The molecule has 0 heterocycles. The van der Waals surface area contributed by atoms with Crippen molar-refractivity contribution < 1.29 is 9.53 Å². The van der Waals surface area contributed by atoms with E-state index in [4.69, 9.17) is 10.5 Å². The molecule has 0 spiro atoms. The van der Waals surface area contributed by atoms with E-state index in [-0.39, 0.29) is 23.8 Å². The van der Waals surface area contributed by atoms with Gasteiger partial charge in [0.1, 0.15) is 6.61 Å². The van der Waals surface area contributed by atoms with Gasteiger partial charge in [0.05, 0.1) is 6.42 Å². The lowest BCUT2D eigenvalue weighted by Crippen LogP contribution is -2.35. The second-order valence-electron chi connectivity index (χ2n) is 5.59. The van der Waals surface area contributed by atoms with Crippen molar-refractivity contribution in [3.05, 3.63) is 35.9 Å². The lowest BCUT2D eigenvalue weighted by Gasteiger charge is -2.35. The Morgan fingerprint density at radius 3 is 2.40 bits per heavy atom. The molecule has 1 fully saturated rings. The van der Waals surface area contributed by atoms with E-state index in [1.54, 1.807) is 0 Å². The molecule has 112 valence electrons. The number of hydrogen-bond acceptors (Lipinski definition) is 3. The van der Waals surface area contributed by atoms with Crippen molar-refractivity contribution in [1.29, 1.82) is 0 Å². The number of ether oxygens (including phenoxy) is 1. The van der Waals surface area contributed by atoms with Crippen molar-refractivity contribution in [3.8, 4) is 0 Å². The lowest BCUT2D eigenvalue weighted by atomic mass is 9.72. The molecular weight excluding hydrogens is 274 g/mol. The molecule has 0 unspecified atom stereocenters. The smallest absolute Gasteiger partial charge is 0.306 e. The van der Waals surface area contributed by atoms with E-state index in [9.17, 15) is 4.79 Å². The summed E-state index contributed by atoms with van der Waals surface area (Å²) >= 11 is 0. The minimum absolute atomic E-state index is 0. The number of halogens is 1. The van der Waals surface area contributed by atoms with Gasteiger partial charge in [-0.1, -0.05) is 49.6 Å². The third-order valence-corrected chi connectivity index (χ3v) is 4.11. The normalized spacial score (nSPS) is 17.1. The van der Waals surface area contributed by atoms with Crippen molar-refractivity contribution in [1.82, 2.24) is 0 Å². The second-order valence-corrected chi connectivity index (χ2v) is 5.59. The molecule has 2 rings (SSSR count). The molecule has 2 N–H and O–H groups in total. The van der Waals surface area contributed by atoms with Crippen LogP contribution < -0.4 is 5.73 Å². The second kappa shape index (κ2) is 8.28. The predicted molar refractivity (Wildman–Crippen MR) is 82.7 cm³/mol. The zero-order valence-corrected chi connectivity index (χ0v) is 12.7. The van der Waals surface area contributed by atoms with Crippen LogP contribution in [-0.2, 0) is 16.1 Å². The highest BCUT2D eigenvalue weighted by molar-refractivity contribution is 5.85. The Labute approximate surface area is 127 Å². The van der Waals surface area contributed by atoms with E-state index < -0.39 is 0 Å². The standard InChI is InChI=1S/C16H23NO2.ClH/c17-13-16(9-5-2-6-10-16)11-15(18)19-12-14-7-3-1-4-8-14;/h1,3-4,7-8H,2,5-6,9-13,17H2;1H. The largest absolute Gasteiger partial charge is 0.461 e. The minimum atomic E-state index is -0.115. The topological polar surface area (TPSA) is 52.3 Å². The molecule has 0 atom stereocenters. The zero-order chi connectivity index (χ0) is 13.6. The van der Waals surface area contributed by atoms with Crippen molar-refractivity contribution in [3.63, 3.8) is 0 Å². The molecule has 0 bridgehead atoms. The number of nitrogens with two attached hydrogens (primary N) is 1. The van der Waals surface area contributed by atoms with Crippen LogP contribution in [0.4, 0.5) is 0 Å². The summed E-state index contributed by atoms with van der Waals surface area (Å²) in [5.41, 5.74) is 6.91. The van der Waals surface area contributed by atoms with Crippen LogP contribution in [-0.4, -0.2) is 12.5 Å². The van der Waals surface area contributed by atoms with E-state index in [0.29, 0.717) is 19.6 Å². The van der Waals surface area contributed by atoms with E-state index in [1.807, 2.05) is 30.3 Å². The van der Waals surface area contributed by atoms with Gasteiger partial charge in [0.2, 0.25) is 0 Å². The Kier molecular flexibility index (Phi) is 7.03. The Bertz CT molecular complexity index is 402. The molecule has 0 radical (unpaired) electrons. The van der Waals surface area contributed by atoms with Crippen molar-refractivity contribution >= 4 is 18.4 Å². The number of hydrogen-bond donors (Lipinski definition) is 1. The average molecular weight is 298 g/mol. The first kappa shape index (κ1) is 17.0. The number of benzene rings is 1. The maximum Gasteiger partial charge on any atom is 0.306 e. The van der Waals surface area contributed by atoms with Gasteiger partial charge in [-0.05, 0) is 30.4 Å². The number of carbonyl (C=O) groups is 1. The summed E-state index contributed by atoms with van der Waals surface area (Å²) in [5.74, 6) is -0.115. The summed E-state index contributed by atoms with van der Waals surface area (Å²) in [6.07, 6.45) is 6.22. The zero-order valence-electron chi connectivity index (χ0n) is 11.8. The van der Waals surface area contributed by atoms with Crippen LogP contribution in [0.2, 0.25) is 0 Å². The first-order valence-electron chi connectivity index (χ1n) is 7.14. The predicted octanol–water partition coefficient (Wildman–Crippen LogP) is 3.45. The van der Waals surface area contributed by atoms with Crippen molar-refractivity contribution in [2.75, 3.05) is 6.54 Å². The number of rotatable bonds is 5. The highest BCUT2D eigenvalue weighted by atomic mass is 35.5. The average Bonchev–Trinajstić information content (AvgIpc) is 2.47. The molecule has 1 aromatic carbocycles. The van der Waals surface area contributed by atoms with Gasteiger partial charge in [-0.15, -0.1) is 12.4 Å². The summed E-state index contributed by atoms with van der Waals surface area (Å²) in [7, 11) is 0. The molecule has 4 heteroatoms. The van der Waals surface area contributed by atoms with Gasteiger partial charge >= 0.3 is 5.97 Å². The van der Waals surface area contributed by atoms with Crippen LogP contribution in [0.25, 0.3) is 0 Å². The fourth-order valence-corrected chi connectivity index (χ4v) is 2.85. The summed E-state index contributed by atoms with van der Waals surface area (Å²) in [6, 6.07) is 9.79. The molecule has 0 aromatic heterocycles. The van der Waals surface area contributed by atoms with Gasteiger partial charge < -0.3 is 10.5 Å². The number of carbonyl (C=O) groups excluding carboxylic acids is 1. The lowest BCUT2D eigenvalue weighted by molar-refractivity contribution is -0.148. The molecule has 0 aliphatic heterocycles. The Hall–Kier alpha value is -1.06. The number of esters is 1. The summed E-state index contributed by atoms with van der Waals surface area (Å²) in [6.45, 7) is 0.952. The van der Waals surface area contributed by atoms with E-state index >= 15 is 0 Å². The third kappa shape index (κ3) is 4.80. The van der Waals surface area contributed by atoms with E-state index in [2.05, 4.69) is 0 Å². The molecule has 1 aliphatic carbocycles. The Balaban J connectivity index is 0.00000200. The van der Waals surface area contributed by atoms with Crippen LogP contribution in [0, 0.1) is 5.41 Å². The van der Waals surface area contributed by atoms with Gasteiger partial charge in [0.25, 0.3) is 0 Å². The first-order chi connectivity index (χ1) is 9.24. The van der Waals surface area contributed by atoms with Gasteiger partial charge in [0.15, 0.2) is 0 Å². The van der Waals surface area contributed by atoms with Crippen LogP contribution in [0.5, 0.6) is 0 Å². The summed E-state index contributed by atoms with van der Waals surface area (Å²) < 4.78 is 5.36. The van der Waals surface area contributed by atoms with Crippen molar-refractivity contribution in [2.45, 2.75) is 45.1 Å². The summed E-state index contributed by atoms with van der Waals surface area (Å²) in [5, 5.41) is 0. The SMILES string of the molecule is Cl.NCC1(CC(=O)OCc2ccccc2)CCCCC1. The molecule has 1 aliphatic rings. The molecule has 1 aromatic rings. The molecule has 3 nitrogen and oxygen atoms in total. The fraction of sp³-hybridized carbons (Fsp3) is 0.562. The third-order valence-electron chi connectivity index (χ3n) is 4.11. The van der Waals surface area contributed by atoms with Gasteiger partial charge in [-0.3, -0.25) is 4.79 Å². The maximum absolute atomic E-state index is 12.0. The monoisotopic (exact) mass is 297 g/mol. The Morgan fingerprint density at radius 1 is 1.15 bits per heavy atom. The van der Waals surface area contributed by atoms with Gasteiger partial charge in [-0.25, -0.2) is 0 Å². The highest BCUT2D eigenvalue weighted by Gasteiger charge is 2.33. The first-order valence-corrected chi connectivity index (χ1v) is 7.14. The fourth-order valence-electron chi connectivity index (χ4n) is 2.85. The van der Waals surface area contributed by atoms with E-state index in [1.165, 1.54) is 19.3 Å². The van der Waals surface area contributed by atoms with Crippen LogP contribution in [0.15, 0.2) is 30.3 Å². The molecule has 0 saturated heterocycles. The molecule has 20 heavy (non-hydrogen) atoms. The minimum Gasteiger partial charge on any atom is -0.461 e. The highest BCUT2D eigenvalue weighted by Crippen LogP contribution is 2.38. The van der Waals surface area contributed by atoms with Gasteiger partial charge in [0, 0.05) is 0 Å². The molecule has 0 amide bonds. The summed E-state index contributed by atoms with van der Waals surface area (Å²) in [4.78, 5) is 12.0. The molecule has 1 saturated carbocycles. The molecular formula is C16H24ClNO2. The van der Waals surface area contributed by atoms with Gasteiger partial charge in [-0.2, -0.15) is 0 Å². The van der Waals surface area contributed by atoms with Crippen LogP contribution >= 0.6 is 12.4 Å². The quantitative estimate of drug-likeness (QED) is 0.847. The van der Waals surface area contributed by atoms with Crippen molar-refractivity contribution in [2.24, 2.45) is 11.1 Å². The van der Waals surface area contributed by atoms with E-state index in [0.717, 1.165) is 18.4 Å². The maximum atomic E-state index is 12.0. The van der Waals surface area contributed by atoms with Crippen LogP contribution in [0.3, 0.4) is 0 Å².